The minimum Gasteiger partial charge on any atom is -0.489 e. The molecule has 2 aromatic carbocycles. The molecule has 14 heteroatoms. The van der Waals surface area contributed by atoms with Crippen molar-refractivity contribution < 1.29 is 37.4 Å². The molecule has 0 radical (unpaired) electrons. The molecule has 44 heavy (non-hydrogen) atoms. The van der Waals surface area contributed by atoms with Crippen molar-refractivity contribution >= 4 is 29.6 Å². The van der Waals surface area contributed by atoms with E-state index in [1.165, 1.54) is 0 Å². The Bertz CT molecular complexity index is 1360. The number of halogens is 3. The van der Waals surface area contributed by atoms with Gasteiger partial charge in [-0.05, 0) is 41.3 Å². The van der Waals surface area contributed by atoms with Crippen molar-refractivity contribution in [3.8, 4) is 5.75 Å². The summed E-state index contributed by atoms with van der Waals surface area (Å²) in [5, 5.41) is 12.9. The van der Waals surface area contributed by atoms with Crippen LogP contribution in [0.2, 0.25) is 0 Å². The quantitative estimate of drug-likeness (QED) is 0.107. The van der Waals surface area contributed by atoms with Crippen LogP contribution in [0.4, 0.5) is 19.0 Å². The zero-order chi connectivity index (χ0) is 32.5. The van der Waals surface area contributed by atoms with Gasteiger partial charge in [0.25, 0.3) is 0 Å². The number of aromatic nitrogens is 1. The van der Waals surface area contributed by atoms with Gasteiger partial charge in [-0.15, -0.1) is 0 Å². The van der Waals surface area contributed by atoms with Crippen molar-refractivity contribution in [2.45, 2.75) is 58.0 Å². The molecule has 0 saturated carbocycles. The van der Waals surface area contributed by atoms with Crippen LogP contribution in [0, 0.1) is 0 Å². The summed E-state index contributed by atoms with van der Waals surface area (Å²) in [6.45, 7) is 2.75. The number of carbonyl (C=O) groups excluding carboxylic acids is 2. The van der Waals surface area contributed by atoms with Crippen molar-refractivity contribution in [1.29, 1.82) is 0 Å². The predicted octanol–water partition coefficient (Wildman–Crippen LogP) is 4.25. The van der Waals surface area contributed by atoms with Gasteiger partial charge in [0.2, 0.25) is 11.8 Å². The van der Waals surface area contributed by atoms with Gasteiger partial charge in [0.05, 0.1) is 0 Å². The molecule has 0 aliphatic heterocycles. The Morgan fingerprint density at radius 1 is 0.977 bits per heavy atom. The number of pyridine rings is 1. The largest absolute Gasteiger partial charge is 0.490 e. The van der Waals surface area contributed by atoms with E-state index < -0.39 is 18.2 Å². The van der Waals surface area contributed by atoms with Gasteiger partial charge < -0.3 is 31.9 Å². The molecule has 3 rings (SSSR count). The van der Waals surface area contributed by atoms with E-state index in [4.69, 9.17) is 26.1 Å². The van der Waals surface area contributed by atoms with Crippen LogP contribution in [0.25, 0.3) is 0 Å². The number of alkyl halides is 3. The van der Waals surface area contributed by atoms with Crippen molar-refractivity contribution in [3.05, 3.63) is 89.6 Å². The smallest absolute Gasteiger partial charge is 0.489 e. The lowest BCUT2D eigenvalue weighted by molar-refractivity contribution is -0.192. The number of rotatable bonds is 13. The lowest BCUT2D eigenvalue weighted by atomic mass is 10.0. The van der Waals surface area contributed by atoms with Gasteiger partial charge in [0.1, 0.15) is 18.4 Å². The molecule has 11 nitrogen and oxygen atoms in total. The molecule has 1 heterocycles. The lowest BCUT2D eigenvalue weighted by Crippen LogP contribution is -2.40. The van der Waals surface area contributed by atoms with Crippen LogP contribution in [0.5, 0.6) is 5.75 Å². The van der Waals surface area contributed by atoms with Gasteiger partial charge in [-0.25, -0.2) is 9.78 Å². The number of nitrogens with two attached hydrogens (primary N) is 2. The van der Waals surface area contributed by atoms with Crippen LogP contribution in [-0.2, 0) is 27.5 Å². The average molecular weight is 617 g/mol. The fourth-order valence-electron chi connectivity index (χ4n) is 3.58. The molecular weight excluding hydrogens is 581 g/mol. The van der Waals surface area contributed by atoms with Crippen molar-refractivity contribution in [2.24, 2.45) is 16.5 Å². The minimum absolute atomic E-state index is 0.0810. The maximum Gasteiger partial charge on any atom is 0.490 e. The molecule has 0 bridgehead atoms. The molecule has 236 valence electrons. The lowest BCUT2D eigenvalue weighted by Gasteiger charge is -2.19. The molecule has 7 N–H and O–H groups in total. The van der Waals surface area contributed by atoms with E-state index >= 15 is 0 Å². The maximum absolute atomic E-state index is 13.2. The number of aliphatic imine (C=N–C) groups is 1. The first-order chi connectivity index (χ1) is 20.9. The van der Waals surface area contributed by atoms with E-state index in [2.05, 4.69) is 27.5 Å². The van der Waals surface area contributed by atoms with Gasteiger partial charge in [0, 0.05) is 19.2 Å². The highest BCUT2D eigenvalue weighted by Crippen LogP contribution is 2.20. The highest BCUT2D eigenvalue weighted by atomic mass is 19.4. The summed E-state index contributed by atoms with van der Waals surface area (Å²) in [5.41, 5.74) is 13.2. The second kappa shape index (κ2) is 17.7. The van der Waals surface area contributed by atoms with Crippen LogP contribution < -0.4 is 26.8 Å². The van der Waals surface area contributed by atoms with Crippen LogP contribution in [0.15, 0.2) is 77.9 Å². The number of amides is 2. The van der Waals surface area contributed by atoms with E-state index in [9.17, 15) is 22.8 Å². The molecule has 0 spiro atoms. The monoisotopic (exact) mass is 616 g/mol. The maximum atomic E-state index is 13.2. The van der Waals surface area contributed by atoms with Gasteiger partial charge in [-0.1, -0.05) is 68.3 Å². The Balaban J connectivity index is 0.000000860. The number of carbonyl (C=O) groups is 3. The highest BCUT2D eigenvalue weighted by molar-refractivity contribution is 5.88. The Hall–Kier alpha value is -5.14. The van der Waals surface area contributed by atoms with Crippen molar-refractivity contribution in [1.82, 2.24) is 15.6 Å². The first kappa shape index (κ1) is 35.1. The first-order valence-electron chi connectivity index (χ1n) is 13.6. The number of aliphatic carboxylic acids is 1. The predicted molar refractivity (Wildman–Crippen MR) is 157 cm³/mol. The third-order valence-electron chi connectivity index (χ3n) is 5.80. The topological polar surface area (TPSA) is 182 Å². The zero-order valence-electron chi connectivity index (χ0n) is 24.0. The number of nitrogens with zero attached hydrogens (tertiary/aromatic N) is 2. The van der Waals surface area contributed by atoms with Gasteiger partial charge >= 0.3 is 12.1 Å². The Morgan fingerprint density at radius 3 is 2.18 bits per heavy atom. The molecule has 2 amide bonds. The van der Waals surface area contributed by atoms with Crippen LogP contribution >= 0.6 is 0 Å². The minimum atomic E-state index is -5.08. The van der Waals surface area contributed by atoms with E-state index in [0.717, 1.165) is 30.4 Å². The number of hydrogen-bond acceptors (Lipinski definition) is 6. The molecule has 0 aliphatic carbocycles. The molecule has 0 unspecified atom stereocenters. The zero-order valence-corrected chi connectivity index (χ0v) is 24.0. The summed E-state index contributed by atoms with van der Waals surface area (Å²) in [4.78, 5) is 42.7. The standard InChI is InChI=1S/C28H34N6O3.C2HF3O2/c1-2-3-5-10-25(35)34-26(27(36)32-18-21-11-16-24(31-17-21)33-28(29)30)22-12-14-23(15-13-22)37-19-20-8-6-4-7-9-20;3-2(4,5)1(6)7/h4,6-9,11-17,26H,2-3,5,10,18-19H2,1H3,(H,32,36)(H,34,35)(H4,29,30,31,33);(H,6,7)/t26-;/m0./s1. The van der Waals surface area contributed by atoms with Crippen LogP contribution in [-0.4, -0.2) is 40.0 Å². The summed E-state index contributed by atoms with van der Waals surface area (Å²) in [6, 6.07) is 19.6. The number of ether oxygens (including phenoxy) is 1. The summed E-state index contributed by atoms with van der Waals surface area (Å²) < 4.78 is 37.6. The highest BCUT2D eigenvalue weighted by Gasteiger charge is 2.38. The summed E-state index contributed by atoms with van der Waals surface area (Å²) in [6.07, 6.45) is -0.389. The average Bonchev–Trinajstić information content (AvgIpc) is 2.99. The molecule has 3 aromatic rings. The fourth-order valence-corrected chi connectivity index (χ4v) is 3.58. The van der Waals surface area contributed by atoms with Gasteiger partial charge in [0.15, 0.2) is 11.8 Å². The number of unbranched alkanes of at least 4 members (excludes halogenated alkanes) is 2. The van der Waals surface area contributed by atoms with E-state index in [0.29, 0.717) is 30.2 Å². The number of hydrogen-bond donors (Lipinski definition) is 5. The molecule has 0 fully saturated rings. The molecular formula is C30H35F3N6O5. The van der Waals surface area contributed by atoms with Gasteiger partial charge in [-0.2, -0.15) is 18.2 Å². The van der Waals surface area contributed by atoms with E-state index in [1.807, 2.05) is 30.3 Å². The number of guanidine groups is 1. The third kappa shape index (κ3) is 13.2. The SMILES string of the molecule is CCCCCC(=O)N[C@H](C(=O)NCc1ccc(N=C(N)N)nc1)c1ccc(OCc2ccccc2)cc1.O=C(O)C(F)(F)F. The Kier molecular flexibility index (Phi) is 14.1. The third-order valence-corrected chi connectivity index (χ3v) is 5.80. The number of carboxylic acid groups (broad SMARTS) is 1. The molecule has 0 aliphatic rings. The normalized spacial score (nSPS) is 11.3. The fraction of sp³-hybridized carbons (Fsp3) is 0.300. The van der Waals surface area contributed by atoms with E-state index in [-0.39, 0.29) is 24.3 Å². The van der Waals surface area contributed by atoms with E-state index in [1.54, 1.807) is 42.6 Å². The summed E-state index contributed by atoms with van der Waals surface area (Å²) in [5.74, 6) is -2.28. The number of carboxylic acids is 1. The molecule has 1 aromatic heterocycles. The van der Waals surface area contributed by atoms with Crippen molar-refractivity contribution in [3.63, 3.8) is 0 Å². The Labute approximate surface area is 252 Å². The summed E-state index contributed by atoms with van der Waals surface area (Å²) in [7, 11) is 0. The first-order valence-corrected chi connectivity index (χ1v) is 13.6. The second-order valence-corrected chi connectivity index (χ2v) is 9.38. The molecule has 1 atom stereocenters. The number of benzene rings is 2. The van der Waals surface area contributed by atoms with Crippen molar-refractivity contribution in [2.75, 3.05) is 0 Å². The van der Waals surface area contributed by atoms with Crippen LogP contribution in [0.3, 0.4) is 0 Å². The van der Waals surface area contributed by atoms with Gasteiger partial charge in [-0.3, -0.25) is 9.59 Å². The summed E-state index contributed by atoms with van der Waals surface area (Å²) >= 11 is 0. The molecule has 0 saturated heterocycles. The Morgan fingerprint density at radius 2 is 1.64 bits per heavy atom. The number of nitrogens with one attached hydrogen (secondary N) is 2. The second-order valence-electron chi connectivity index (χ2n) is 9.38. The van der Waals surface area contributed by atoms with Crippen LogP contribution in [0.1, 0.15) is 55.3 Å².